The first kappa shape index (κ1) is 15.3. The van der Waals surface area contributed by atoms with Gasteiger partial charge in [0.2, 0.25) is 0 Å². The van der Waals surface area contributed by atoms with Gasteiger partial charge in [-0.3, -0.25) is 0 Å². The minimum atomic E-state index is -0.249. The summed E-state index contributed by atoms with van der Waals surface area (Å²) in [6, 6.07) is 12.5. The number of benzene rings is 2. The van der Waals surface area contributed by atoms with Gasteiger partial charge < -0.3 is 15.4 Å². The van der Waals surface area contributed by atoms with E-state index in [1.165, 1.54) is 6.07 Å². The van der Waals surface area contributed by atoms with Crippen LogP contribution in [0.25, 0.3) is 0 Å². The molecular formula is C17H21FN2O. The molecular weight excluding hydrogens is 267 g/mol. The maximum Gasteiger partial charge on any atom is 0.142 e. The highest BCUT2D eigenvalue weighted by Gasteiger charge is 2.21. The molecule has 0 aliphatic heterocycles. The zero-order valence-electron chi connectivity index (χ0n) is 12.6. The molecule has 21 heavy (non-hydrogen) atoms. The van der Waals surface area contributed by atoms with Gasteiger partial charge in [-0.25, -0.2) is 4.39 Å². The number of nitrogens with two attached hydrogens (primary N) is 1. The van der Waals surface area contributed by atoms with Crippen LogP contribution in [0.5, 0.6) is 5.75 Å². The number of methoxy groups -OCH3 is 1. The summed E-state index contributed by atoms with van der Waals surface area (Å²) in [6.07, 6.45) is 0. The van der Waals surface area contributed by atoms with E-state index in [-0.39, 0.29) is 11.9 Å². The molecule has 4 heteroatoms. The third kappa shape index (κ3) is 3.16. The molecule has 2 rings (SSSR count). The van der Waals surface area contributed by atoms with Crippen molar-refractivity contribution in [3.05, 3.63) is 59.4 Å². The van der Waals surface area contributed by atoms with Crippen LogP contribution in [0.1, 0.15) is 17.2 Å². The van der Waals surface area contributed by atoms with Gasteiger partial charge in [-0.2, -0.15) is 0 Å². The van der Waals surface area contributed by atoms with Crippen molar-refractivity contribution in [3.8, 4) is 5.75 Å². The lowest BCUT2D eigenvalue weighted by Crippen LogP contribution is -2.31. The molecule has 0 aliphatic rings. The Balaban J connectivity index is 2.43. The van der Waals surface area contributed by atoms with E-state index < -0.39 is 0 Å². The van der Waals surface area contributed by atoms with Gasteiger partial charge in [-0.05, 0) is 25.1 Å². The maximum absolute atomic E-state index is 14.2. The highest BCUT2D eigenvalue weighted by molar-refractivity contribution is 5.59. The van der Waals surface area contributed by atoms with Crippen LogP contribution < -0.4 is 15.4 Å². The Morgan fingerprint density at radius 1 is 1.24 bits per heavy atom. The molecule has 1 atom stereocenters. The summed E-state index contributed by atoms with van der Waals surface area (Å²) in [5, 5.41) is 0. The molecule has 1 unspecified atom stereocenters. The van der Waals surface area contributed by atoms with Crippen LogP contribution in [-0.4, -0.2) is 20.7 Å². The summed E-state index contributed by atoms with van der Waals surface area (Å²) in [4.78, 5) is 1.96. The quantitative estimate of drug-likeness (QED) is 0.917. The first-order chi connectivity index (χ1) is 10.1. The number of hydrogen-bond acceptors (Lipinski definition) is 3. The summed E-state index contributed by atoms with van der Waals surface area (Å²) in [5.41, 5.74) is 8.40. The summed E-state index contributed by atoms with van der Waals surface area (Å²) < 4.78 is 19.5. The van der Waals surface area contributed by atoms with Gasteiger partial charge in [0.05, 0.1) is 18.8 Å². The van der Waals surface area contributed by atoms with E-state index >= 15 is 0 Å². The number of anilines is 1. The largest absolute Gasteiger partial charge is 0.495 e. The average molecular weight is 288 g/mol. The molecule has 0 bridgehead atoms. The first-order valence-electron chi connectivity index (χ1n) is 6.90. The van der Waals surface area contributed by atoms with Crippen molar-refractivity contribution in [2.45, 2.75) is 13.0 Å². The van der Waals surface area contributed by atoms with Crippen molar-refractivity contribution in [2.75, 3.05) is 25.6 Å². The highest BCUT2D eigenvalue weighted by Crippen LogP contribution is 2.33. The van der Waals surface area contributed by atoms with Crippen LogP contribution >= 0.6 is 0 Å². The zero-order chi connectivity index (χ0) is 15.4. The fourth-order valence-corrected chi connectivity index (χ4v) is 2.50. The molecule has 0 saturated carbocycles. The first-order valence-corrected chi connectivity index (χ1v) is 6.90. The van der Waals surface area contributed by atoms with E-state index in [1.807, 2.05) is 49.2 Å². The Labute approximate surface area is 125 Å². The van der Waals surface area contributed by atoms with Crippen molar-refractivity contribution in [3.63, 3.8) is 0 Å². The molecule has 112 valence electrons. The fraction of sp³-hybridized carbons (Fsp3) is 0.294. The van der Waals surface area contributed by atoms with Crippen LogP contribution in [-0.2, 0) is 0 Å². The van der Waals surface area contributed by atoms with E-state index in [9.17, 15) is 4.39 Å². The SMILES string of the molecule is COc1ccccc1N(C)C(CN)c1cc(C)ccc1F. The summed E-state index contributed by atoms with van der Waals surface area (Å²) >= 11 is 0. The lowest BCUT2D eigenvalue weighted by Gasteiger charge is -2.31. The van der Waals surface area contributed by atoms with Gasteiger partial charge >= 0.3 is 0 Å². The number of aryl methyl sites for hydroxylation is 1. The van der Waals surface area contributed by atoms with Gasteiger partial charge in [0, 0.05) is 19.2 Å². The molecule has 2 aromatic rings. The minimum Gasteiger partial charge on any atom is -0.495 e. The predicted octanol–water partition coefficient (Wildman–Crippen LogP) is 3.28. The van der Waals surface area contributed by atoms with E-state index in [1.54, 1.807) is 13.2 Å². The van der Waals surface area contributed by atoms with Gasteiger partial charge in [0.25, 0.3) is 0 Å². The second-order valence-electron chi connectivity index (χ2n) is 5.06. The van der Waals surface area contributed by atoms with Gasteiger partial charge in [0.1, 0.15) is 11.6 Å². The minimum absolute atomic E-state index is 0.238. The molecule has 0 heterocycles. The van der Waals surface area contributed by atoms with Crippen LogP contribution in [0, 0.1) is 12.7 Å². The Morgan fingerprint density at radius 2 is 1.95 bits per heavy atom. The zero-order valence-corrected chi connectivity index (χ0v) is 12.6. The van der Waals surface area contributed by atoms with Crippen molar-refractivity contribution in [1.29, 1.82) is 0 Å². The molecule has 0 radical (unpaired) electrons. The third-order valence-corrected chi connectivity index (χ3v) is 3.67. The molecule has 0 aliphatic carbocycles. The van der Waals surface area contributed by atoms with Crippen LogP contribution in [0.3, 0.4) is 0 Å². The number of halogens is 1. The highest BCUT2D eigenvalue weighted by atomic mass is 19.1. The predicted molar refractivity (Wildman–Crippen MR) is 84.3 cm³/mol. The number of ether oxygens (including phenoxy) is 1. The third-order valence-electron chi connectivity index (χ3n) is 3.67. The topological polar surface area (TPSA) is 38.5 Å². The van der Waals surface area contributed by atoms with Crippen molar-refractivity contribution in [2.24, 2.45) is 5.73 Å². The summed E-state index contributed by atoms with van der Waals surface area (Å²) in [6.45, 7) is 2.26. The molecule has 2 N–H and O–H groups in total. The monoisotopic (exact) mass is 288 g/mol. The average Bonchev–Trinajstić information content (AvgIpc) is 2.51. The Hall–Kier alpha value is -2.07. The van der Waals surface area contributed by atoms with Gasteiger partial charge in [-0.15, -0.1) is 0 Å². The van der Waals surface area contributed by atoms with Crippen LogP contribution in [0.4, 0.5) is 10.1 Å². The number of rotatable bonds is 5. The Kier molecular flexibility index (Phi) is 4.81. The normalized spacial score (nSPS) is 12.0. The van der Waals surface area contributed by atoms with Crippen LogP contribution in [0.2, 0.25) is 0 Å². The fourth-order valence-electron chi connectivity index (χ4n) is 2.50. The molecule has 3 nitrogen and oxygen atoms in total. The summed E-state index contributed by atoms with van der Waals surface area (Å²) in [5.74, 6) is 0.504. The Bertz CT molecular complexity index is 615. The molecule has 0 aromatic heterocycles. The van der Waals surface area contributed by atoms with Crippen LogP contribution in [0.15, 0.2) is 42.5 Å². The number of nitrogens with zero attached hydrogens (tertiary/aromatic N) is 1. The molecule has 0 amide bonds. The van der Waals surface area contributed by atoms with E-state index in [2.05, 4.69) is 0 Å². The second kappa shape index (κ2) is 6.59. The number of hydrogen-bond donors (Lipinski definition) is 1. The number of para-hydroxylation sites is 2. The molecule has 2 aromatic carbocycles. The maximum atomic E-state index is 14.2. The summed E-state index contributed by atoms with van der Waals surface area (Å²) in [7, 11) is 3.52. The van der Waals surface area contributed by atoms with Gasteiger partial charge in [0.15, 0.2) is 0 Å². The lowest BCUT2D eigenvalue weighted by atomic mass is 10.0. The standard InChI is InChI=1S/C17H21FN2O/c1-12-8-9-14(18)13(10-12)16(11-19)20(2)15-6-4-5-7-17(15)21-3/h4-10,16H,11,19H2,1-3H3. The Morgan fingerprint density at radius 3 is 2.62 bits per heavy atom. The second-order valence-corrected chi connectivity index (χ2v) is 5.06. The molecule has 0 saturated heterocycles. The van der Waals surface area contributed by atoms with Crippen molar-refractivity contribution in [1.82, 2.24) is 0 Å². The van der Waals surface area contributed by atoms with E-state index in [4.69, 9.17) is 10.5 Å². The molecule has 0 fully saturated rings. The van der Waals surface area contributed by atoms with Gasteiger partial charge in [-0.1, -0.05) is 29.8 Å². The number of likely N-dealkylation sites (N-methyl/N-ethyl adjacent to an activating group) is 1. The van der Waals surface area contributed by atoms with Crippen molar-refractivity contribution >= 4 is 5.69 Å². The van der Waals surface area contributed by atoms with E-state index in [0.717, 1.165) is 17.0 Å². The smallest absolute Gasteiger partial charge is 0.142 e. The van der Waals surface area contributed by atoms with E-state index in [0.29, 0.717) is 12.1 Å². The lowest BCUT2D eigenvalue weighted by molar-refractivity contribution is 0.413. The molecule has 0 spiro atoms. The van der Waals surface area contributed by atoms with Crippen molar-refractivity contribution < 1.29 is 9.13 Å².